The molecule has 5 rings (SSSR count). The summed E-state index contributed by atoms with van der Waals surface area (Å²) in [7, 11) is 0. The van der Waals surface area contributed by atoms with E-state index in [0.717, 1.165) is 21.6 Å². The van der Waals surface area contributed by atoms with Crippen LogP contribution in [0.2, 0.25) is 0 Å². The van der Waals surface area contributed by atoms with Gasteiger partial charge in [0, 0.05) is 26.2 Å². The summed E-state index contributed by atoms with van der Waals surface area (Å²) in [6.07, 6.45) is 1.48. The van der Waals surface area contributed by atoms with Gasteiger partial charge in [0.25, 0.3) is 5.91 Å². The van der Waals surface area contributed by atoms with Crippen LogP contribution >= 0.6 is 11.8 Å². The summed E-state index contributed by atoms with van der Waals surface area (Å²) in [5, 5.41) is 10.5. The highest BCUT2D eigenvalue weighted by Gasteiger charge is 2.26. The summed E-state index contributed by atoms with van der Waals surface area (Å²) in [6, 6.07) is 15.3. The minimum atomic E-state index is -0.149. The van der Waals surface area contributed by atoms with Gasteiger partial charge in [-0.15, -0.1) is 0 Å². The number of nitrogens with zero attached hydrogens (tertiary/aromatic N) is 5. The van der Waals surface area contributed by atoms with Crippen molar-refractivity contribution in [3.63, 3.8) is 0 Å². The van der Waals surface area contributed by atoms with Crippen molar-refractivity contribution < 1.29 is 14.0 Å². The summed E-state index contributed by atoms with van der Waals surface area (Å²) in [5.74, 6) is 0.450. The Balaban J connectivity index is 1.31. The number of carbonyl (C=O) groups is 2. The first kappa shape index (κ1) is 21.1. The van der Waals surface area contributed by atoms with Crippen molar-refractivity contribution in [3.05, 3.63) is 65.6 Å². The van der Waals surface area contributed by atoms with Gasteiger partial charge in [0.1, 0.15) is 6.07 Å². The van der Waals surface area contributed by atoms with Gasteiger partial charge >= 0.3 is 0 Å². The second-order valence-corrected chi connectivity index (χ2v) is 8.85. The molecule has 3 aromatic heterocycles. The fourth-order valence-electron chi connectivity index (χ4n) is 4.10. The number of imidazole rings is 1. The van der Waals surface area contributed by atoms with E-state index in [-0.39, 0.29) is 17.6 Å². The molecule has 0 N–H and O–H groups in total. The second kappa shape index (κ2) is 8.64. The number of para-hydroxylation sites is 2. The van der Waals surface area contributed by atoms with Crippen molar-refractivity contribution in [1.82, 2.24) is 19.2 Å². The molecule has 1 aromatic carbocycles. The van der Waals surface area contributed by atoms with E-state index in [0.29, 0.717) is 43.1 Å². The van der Waals surface area contributed by atoms with Crippen LogP contribution in [0.5, 0.6) is 0 Å². The van der Waals surface area contributed by atoms with Gasteiger partial charge < -0.3 is 14.2 Å². The summed E-state index contributed by atoms with van der Waals surface area (Å²) < 4.78 is 7.15. The third kappa shape index (κ3) is 3.83. The molecule has 33 heavy (non-hydrogen) atoms. The number of amides is 2. The van der Waals surface area contributed by atoms with Crippen molar-refractivity contribution in [2.24, 2.45) is 0 Å². The summed E-state index contributed by atoms with van der Waals surface area (Å²) >= 11 is 1.44. The van der Waals surface area contributed by atoms with Gasteiger partial charge in [-0.1, -0.05) is 23.9 Å². The van der Waals surface area contributed by atoms with E-state index in [4.69, 9.17) is 4.42 Å². The monoisotopic (exact) mass is 459 g/mol. The van der Waals surface area contributed by atoms with Crippen LogP contribution in [0.4, 0.5) is 0 Å². The van der Waals surface area contributed by atoms with Gasteiger partial charge in [0.2, 0.25) is 5.91 Å². The predicted molar refractivity (Wildman–Crippen MR) is 124 cm³/mol. The molecule has 9 heteroatoms. The molecule has 0 spiro atoms. The Morgan fingerprint density at radius 1 is 1.12 bits per heavy atom. The fraction of sp³-hybridized carbons (Fsp3) is 0.250. The smallest absolute Gasteiger partial charge is 0.289 e. The van der Waals surface area contributed by atoms with Crippen LogP contribution in [-0.4, -0.2) is 62.9 Å². The van der Waals surface area contributed by atoms with E-state index in [1.54, 1.807) is 21.9 Å². The topological polar surface area (TPSA) is 94.8 Å². The Morgan fingerprint density at radius 3 is 2.61 bits per heavy atom. The summed E-state index contributed by atoms with van der Waals surface area (Å²) in [6.45, 7) is 3.81. The molecule has 1 aliphatic heterocycles. The number of aromatic nitrogens is 2. The van der Waals surface area contributed by atoms with E-state index in [2.05, 4.69) is 11.1 Å². The summed E-state index contributed by atoms with van der Waals surface area (Å²) in [4.78, 5) is 33.5. The number of fused-ring (bicyclic) bond motifs is 3. The number of pyridine rings is 1. The van der Waals surface area contributed by atoms with Crippen LogP contribution < -0.4 is 0 Å². The highest BCUT2D eigenvalue weighted by Crippen LogP contribution is 2.29. The first-order valence-corrected chi connectivity index (χ1v) is 11.6. The number of carbonyl (C=O) groups excluding carboxylic acids is 2. The lowest BCUT2D eigenvalue weighted by atomic mass is 10.2. The fourth-order valence-corrected chi connectivity index (χ4v) is 5.13. The Kier molecular flexibility index (Phi) is 5.52. The third-order valence-electron chi connectivity index (χ3n) is 5.85. The van der Waals surface area contributed by atoms with Crippen molar-refractivity contribution in [1.29, 1.82) is 5.26 Å². The lowest BCUT2D eigenvalue weighted by molar-refractivity contribution is -0.129. The van der Waals surface area contributed by atoms with Crippen LogP contribution in [0.1, 0.15) is 21.7 Å². The predicted octanol–water partition coefficient (Wildman–Crippen LogP) is 3.34. The SMILES string of the molecule is Cc1cc(SCC(=O)N2CCN(C(=O)c3ccco3)CC2)n2c(nc3ccccc32)c1C#N. The van der Waals surface area contributed by atoms with E-state index in [1.807, 2.05) is 41.7 Å². The maximum Gasteiger partial charge on any atom is 0.289 e. The molecule has 4 heterocycles. The molecule has 1 saturated heterocycles. The van der Waals surface area contributed by atoms with Gasteiger partial charge in [-0.25, -0.2) is 4.98 Å². The third-order valence-corrected chi connectivity index (χ3v) is 6.83. The Morgan fingerprint density at radius 2 is 1.88 bits per heavy atom. The maximum absolute atomic E-state index is 12.9. The molecular weight excluding hydrogens is 438 g/mol. The first-order valence-electron chi connectivity index (χ1n) is 10.6. The molecule has 0 atom stereocenters. The van der Waals surface area contributed by atoms with E-state index < -0.39 is 0 Å². The number of hydrogen-bond donors (Lipinski definition) is 0. The molecular formula is C24H21N5O3S. The highest BCUT2D eigenvalue weighted by molar-refractivity contribution is 7.99. The zero-order valence-electron chi connectivity index (χ0n) is 18.0. The first-order chi connectivity index (χ1) is 16.1. The van der Waals surface area contributed by atoms with Gasteiger partial charge in [-0.05, 0) is 42.8 Å². The number of furan rings is 1. The van der Waals surface area contributed by atoms with Crippen molar-refractivity contribution in [2.45, 2.75) is 11.9 Å². The summed E-state index contributed by atoms with van der Waals surface area (Å²) in [5.41, 5.74) is 3.70. The lowest BCUT2D eigenvalue weighted by Crippen LogP contribution is -2.51. The van der Waals surface area contributed by atoms with Crippen LogP contribution in [0, 0.1) is 18.3 Å². The molecule has 1 fully saturated rings. The van der Waals surface area contributed by atoms with Crippen molar-refractivity contribution in [2.75, 3.05) is 31.9 Å². The molecule has 0 saturated carbocycles. The van der Waals surface area contributed by atoms with Crippen molar-refractivity contribution in [3.8, 4) is 6.07 Å². The molecule has 0 radical (unpaired) electrons. The average molecular weight is 460 g/mol. The molecule has 1 aliphatic rings. The van der Waals surface area contributed by atoms with Gasteiger partial charge in [-0.2, -0.15) is 5.26 Å². The minimum Gasteiger partial charge on any atom is -0.459 e. The largest absolute Gasteiger partial charge is 0.459 e. The molecule has 4 aromatic rings. The van der Waals surface area contributed by atoms with Gasteiger partial charge in [0.05, 0.1) is 33.6 Å². The van der Waals surface area contributed by atoms with E-state index >= 15 is 0 Å². The number of benzene rings is 1. The number of rotatable bonds is 4. The molecule has 2 amide bonds. The number of nitriles is 1. The molecule has 0 unspecified atom stereocenters. The van der Waals surface area contributed by atoms with Gasteiger partial charge in [0.15, 0.2) is 11.4 Å². The van der Waals surface area contributed by atoms with Crippen LogP contribution in [0.3, 0.4) is 0 Å². The van der Waals surface area contributed by atoms with Crippen molar-refractivity contribution >= 4 is 40.3 Å². The Hall–Kier alpha value is -3.77. The quantitative estimate of drug-likeness (QED) is 0.435. The molecule has 0 bridgehead atoms. The molecule has 166 valence electrons. The highest BCUT2D eigenvalue weighted by atomic mass is 32.2. The standard InChI is InChI=1S/C24H21N5O3S/c1-16-13-22(29-19-6-3-2-5-18(19)26-23(29)17(16)14-25)33-15-21(30)27-8-10-28(11-9-27)24(31)20-7-4-12-32-20/h2-7,12-13H,8-11,15H2,1H3. The Bertz CT molecular complexity index is 1400. The average Bonchev–Trinajstić information content (AvgIpc) is 3.50. The van der Waals surface area contributed by atoms with E-state index in [1.165, 1.54) is 18.0 Å². The van der Waals surface area contributed by atoms with E-state index in [9.17, 15) is 14.9 Å². The molecule has 0 aliphatic carbocycles. The van der Waals surface area contributed by atoms with Crippen LogP contribution in [0.15, 0.2) is 58.2 Å². The maximum atomic E-state index is 12.9. The van der Waals surface area contributed by atoms with Gasteiger partial charge in [-0.3, -0.25) is 14.0 Å². The number of aryl methyl sites for hydroxylation is 1. The Labute approximate surface area is 194 Å². The number of hydrogen-bond acceptors (Lipinski definition) is 6. The normalized spacial score (nSPS) is 14.1. The van der Waals surface area contributed by atoms with Crippen LogP contribution in [-0.2, 0) is 4.79 Å². The zero-order chi connectivity index (χ0) is 22.9. The number of thioether (sulfide) groups is 1. The lowest BCUT2D eigenvalue weighted by Gasteiger charge is -2.34. The van der Waals surface area contributed by atoms with Crippen LogP contribution in [0.25, 0.3) is 16.7 Å². The number of piperazine rings is 1. The minimum absolute atomic E-state index is 0.0182. The second-order valence-electron chi connectivity index (χ2n) is 7.85. The molecule has 8 nitrogen and oxygen atoms in total. The zero-order valence-corrected chi connectivity index (χ0v) is 18.8.